The second-order valence-corrected chi connectivity index (χ2v) is 9.72. The van der Waals surface area contributed by atoms with E-state index >= 15 is 0 Å². The Balaban J connectivity index is 1.72. The number of benzene rings is 1. The number of thioether (sulfide) groups is 1. The van der Waals surface area contributed by atoms with E-state index in [2.05, 4.69) is 0 Å². The Morgan fingerprint density at radius 2 is 1.60 bits per heavy atom. The third-order valence-corrected chi connectivity index (χ3v) is 8.88. The first-order chi connectivity index (χ1) is 11.7. The number of carbonyl (C=O) groups is 3. The van der Waals surface area contributed by atoms with Gasteiger partial charge in [-0.3, -0.25) is 19.3 Å². The molecule has 2 amide bonds. The zero-order valence-corrected chi connectivity index (χ0v) is 15.9. The molecule has 2 aliphatic heterocycles. The Morgan fingerprint density at radius 3 is 2.20 bits per heavy atom. The molecular formula is C20H23NO3S. The van der Waals surface area contributed by atoms with Gasteiger partial charge in [-0.2, -0.15) is 11.8 Å². The van der Waals surface area contributed by atoms with Crippen molar-refractivity contribution in [2.45, 2.75) is 39.0 Å². The van der Waals surface area contributed by atoms with Crippen molar-refractivity contribution in [3.8, 4) is 0 Å². The van der Waals surface area contributed by atoms with Crippen LogP contribution in [0.4, 0.5) is 0 Å². The molecule has 1 spiro atoms. The first-order valence-corrected chi connectivity index (χ1v) is 9.73. The fraction of sp³-hybridized carbons (Fsp3) is 0.550. The van der Waals surface area contributed by atoms with Crippen molar-refractivity contribution in [3.63, 3.8) is 0 Å². The van der Waals surface area contributed by atoms with Gasteiger partial charge in [0.15, 0.2) is 0 Å². The summed E-state index contributed by atoms with van der Waals surface area (Å²) in [6.07, 6.45) is 0. The van der Waals surface area contributed by atoms with Crippen LogP contribution in [0.25, 0.3) is 0 Å². The van der Waals surface area contributed by atoms with Crippen LogP contribution in [0.5, 0.6) is 0 Å². The summed E-state index contributed by atoms with van der Waals surface area (Å²) in [7, 11) is 0. The van der Waals surface area contributed by atoms with Crippen LogP contribution in [-0.2, 0) is 20.9 Å². The normalized spacial score (nSPS) is 31.4. The van der Waals surface area contributed by atoms with Gasteiger partial charge in [-0.05, 0) is 5.56 Å². The van der Waals surface area contributed by atoms with Crippen LogP contribution in [0, 0.1) is 22.7 Å². The van der Waals surface area contributed by atoms with Crippen molar-refractivity contribution in [3.05, 3.63) is 35.9 Å². The van der Waals surface area contributed by atoms with Crippen LogP contribution in [0.2, 0.25) is 0 Å². The lowest BCUT2D eigenvalue weighted by atomic mass is 9.42. The molecule has 3 fully saturated rings. The Kier molecular flexibility index (Phi) is 3.34. The molecule has 3 aliphatic rings. The van der Waals surface area contributed by atoms with Gasteiger partial charge in [-0.25, -0.2) is 0 Å². The number of hydrogen-bond acceptors (Lipinski definition) is 4. The molecule has 5 heteroatoms. The fourth-order valence-corrected chi connectivity index (χ4v) is 7.75. The molecule has 0 bridgehead atoms. The third-order valence-electron chi connectivity index (χ3n) is 6.62. The van der Waals surface area contributed by atoms with E-state index in [1.807, 2.05) is 58.0 Å². The number of rotatable bonds is 2. The molecule has 1 saturated carbocycles. The van der Waals surface area contributed by atoms with E-state index in [0.29, 0.717) is 12.3 Å². The number of carbonyl (C=O) groups excluding carboxylic acids is 3. The highest BCUT2D eigenvalue weighted by Crippen LogP contribution is 2.73. The highest BCUT2D eigenvalue weighted by Gasteiger charge is 2.81. The number of imide groups is 1. The molecule has 4 nitrogen and oxygen atoms in total. The molecule has 2 saturated heterocycles. The van der Waals surface area contributed by atoms with Crippen molar-refractivity contribution in [1.82, 2.24) is 4.90 Å². The topological polar surface area (TPSA) is 54.5 Å². The quantitative estimate of drug-likeness (QED) is 0.764. The Morgan fingerprint density at radius 1 is 1.00 bits per heavy atom. The van der Waals surface area contributed by atoms with Gasteiger partial charge in [0.05, 0.1) is 23.1 Å². The molecule has 2 heterocycles. The van der Waals surface area contributed by atoms with Crippen LogP contribution in [0.15, 0.2) is 30.3 Å². The summed E-state index contributed by atoms with van der Waals surface area (Å²) in [4.78, 5) is 40.3. The van der Waals surface area contributed by atoms with Crippen molar-refractivity contribution in [2.24, 2.45) is 22.7 Å². The molecule has 0 aromatic heterocycles. The number of fused-ring (bicyclic) bond motifs is 2. The summed E-state index contributed by atoms with van der Waals surface area (Å²) in [6.45, 7) is 8.07. The molecule has 132 valence electrons. The van der Waals surface area contributed by atoms with Gasteiger partial charge >= 0.3 is 0 Å². The molecule has 0 unspecified atom stereocenters. The fourth-order valence-electron chi connectivity index (χ4n) is 5.62. The van der Waals surface area contributed by atoms with Crippen LogP contribution in [0.3, 0.4) is 0 Å². The predicted octanol–water partition coefficient (Wildman–Crippen LogP) is 2.91. The van der Waals surface area contributed by atoms with Gasteiger partial charge in [0.1, 0.15) is 5.78 Å². The van der Waals surface area contributed by atoms with E-state index < -0.39 is 21.5 Å². The summed E-state index contributed by atoms with van der Waals surface area (Å²) < 4.78 is -0.486. The first-order valence-electron chi connectivity index (χ1n) is 8.74. The van der Waals surface area contributed by atoms with Crippen molar-refractivity contribution < 1.29 is 14.4 Å². The number of nitrogens with zero attached hydrogens (tertiary/aromatic N) is 1. The van der Waals surface area contributed by atoms with E-state index in [9.17, 15) is 14.4 Å². The second kappa shape index (κ2) is 4.97. The molecule has 1 aliphatic carbocycles. The Hall–Kier alpha value is -1.62. The lowest BCUT2D eigenvalue weighted by molar-refractivity contribution is -0.167. The number of Topliss-reactive ketones (excluding diaryl/α,β-unsaturated/α-hetero) is 1. The average molecular weight is 357 g/mol. The van der Waals surface area contributed by atoms with E-state index in [1.165, 1.54) is 4.90 Å². The van der Waals surface area contributed by atoms with E-state index in [0.717, 1.165) is 5.56 Å². The van der Waals surface area contributed by atoms with Gasteiger partial charge < -0.3 is 0 Å². The van der Waals surface area contributed by atoms with E-state index in [4.69, 9.17) is 0 Å². The summed E-state index contributed by atoms with van der Waals surface area (Å²) in [5.74, 6) is -0.0495. The minimum atomic E-state index is -0.584. The molecule has 1 aromatic carbocycles. The van der Waals surface area contributed by atoms with Gasteiger partial charge in [0.2, 0.25) is 11.8 Å². The Labute approximate surface area is 152 Å². The highest BCUT2D eigenvalue weighted by molar-refractivity contribution is 8.01. The third kappa shape index (κ3) is 1.77. The van der Waals surface area contributed by atoms with Crippen LogP contribution >= 0.6 is 11.8 Å². The molecule has 1 aromatic rings. The second-order valence-electron chi connectivity index (χ2n) is 8.46. The maximum Gasteiger partial charge on any atom is 0.234 e. The zero-order chi connectivity index (χ0) is 18.2. The Bertz CT molecular complexity index is 765. The molecule has 2 atom stereocenters. The molecular weight excluding hydrogens is 334 g/mol. The minimum Gasteiger partial charge on any atom is -0.298 e. The maximum absolute atomic E-state index is 13.3. The number of hydrogen-bond donors (Lipinski definition) is 0. The van der Waals surface area contributed by atoms with Gasteiger partial charge in [-0.1, -0.05) is 58.0 Å². The molecule has 25 heavy (non-hydrogen) atoms. The van der Waals surface area contributed by atoms with Gasteiger partial charge in [0.25, 0.3) is 0 Å². The summed E-state index contributed by atoms with van der Waals surface area (Å²) in [6, 6.07) is 9.60. The predicted molar refractivity (Wildman–Crippen MR) is 96.7 cm³/mol. The molecule has 0 radical (unpaired) electrons. The highest BCUT2D eigenvalue weighted by atomic mass is 32.2. The lowest BCUT2D eigenvalue weighted by Crippen LogP contribution is -2.75. The first kappa shape index (κ1) is 16.8. The monoisotopic (exact) mass is 357 g/mol. The van der Waals surface area contributed by atoms with Crippen molar-refractivity contribution in [2.75, 3.05) is 5.75 Å². The van der Waals surface area contributed by atoms with Crippen molar-refractivity contribution in [1.29, 1.82) is 0 Å². The number of likely N-dealkylation sites (tertiary alicyclic amines) is 1. The van der Waals surface area contributed by atoms with Gasteiger partial charge in [0, 0.05) is 16.6 Å². The smallest absolute Gasteiger partial charge is 0.234 e. The standard InChI is InChI=1S/C20H23NO3S/c1-18(2)17(24)19(3,4)20(18)14-13(11-25-20)15(22)21(16(14)23)10-12-8-6-5-7-9-12/h5-9,13-14H,10-11H2,1-4H3/t13-,14+/m1/s1. The van der Waals surface area contributed by atoms with Crippen LogP contribution in [0.1, 0.15) is 33.3 Å². The van der Waals surface area contributed by atoms with Gasteiger partial charge in [-0.15, -0.1) is 0 Å². The van der Waals surface area contributed by atoms with Crippen molar-refractivity contribution >= 4 is 29.4 Å². The summed E-state index contributed by atoms with van der Waals surface area (Å²) in [5.41, 5.74) is -0.215. The average Bonchev–Trinajstić information content (AvgIpc) is 3.10. The largest absolute Gasteiger partial charge is 0.298 e. The van der Waals surface area contributed by atoms with Crippen LogP contribution in [-0.4, -0.2) is 33.0 Å². The lowest BCUT2D eigenvalue weighted by Gasteiger charge is -2.65. The maximum atomic E-state index is 13.3. The minimum absolute atomic E-state index is 0.0748. The zero-order valence-electron chi connectivity index (χ0n) is 15.0. The summed E-state index contributed by atoms with van der Waals surface area (Å²) in [5, 5.41) is 0. The number of ketones is 1. The summed E-state index contributed by atoms with van der Waals surface area (Å²) >= 11 is 1.67. The van der Waals surface area contributed by atoms with E-state index in [1.54, 1.807) is 11.8 Å². The SMILES string of the molecule is CC1(C)C(=O)C(C)(C)C12SC[C@H]1C(=O)N(Cc3ccccc3)C(=O)[C@H]12. The van der Waals surface area contributed by atoms with Crippen LogP contribution < -0.4 is 0 Å². The van der Waals surface area contributed by atoms with E-state index in [-0.39, 0.29) is 23.5 Å². The molecule has 4 rings (SSSR count). The molecule has 0 N–H and O–H groups in total. The number of amides is 2.